The minimum Gasteiger partial charge on any atom is -0.396 e. The van der Waals surface area contributed by atoms with E-state index in [1.807, 2.05) is 0 Å². The monoisotopic (exact) mass is 222 g/mol. The molecule has 5 nitrogen and oxygen atoms in total. The number of aliphatic hydroxyl groups excluding tert-OH is 1. The normalized spacial score (nSPS) is 20.1. The van der Waals surface area contributed by atoms with E-state index < -0.39 is 0 Å². The summed E-state index contributed by atoms with van der Waals surface area (Å²) in [5.41, 5.74) is 0.0369. The Bertz CT molecular complexity index is 441. The summed E-state index contributed by atoms with van der Waals surface area (Å²) in [5, 5.41) is 8.98. The van der Waals surface area contributed by atoms with Gasteiger partial charge in [-0.2, -0.15) is 0 Å². The highest BCUT2D eigenvalue weighted by atomic mass is 16.3. The van der Waals surface area contributed by atoms with Crippen LogP contribution in [0.3, 0.4) is 0 Å². The zero-order valence-corrected chi connectivity index (χ0v) is 8.85. The number of nitrogens with zero attached hydrogens (tertiary/aromatic N) is 1. The molecule has 2 heterocycles. The molecule has 1 fully saturated rings. The summed E-state index contributed by atoms with van der Waals surface area (Å²) >= 11 is 0. The van der Waals surface area contributed by atoms with E-state index in [4.69, 9.17) is 5.11 Å². The predicted molar refractivity (Wildman–Crippen MR) is 58.2 cm³/mol. The number of carbonyl (C=O) groups excluding carboxylic acids is 1. The van der Waals surface area contributed by atoms with Gasteiger partial charge in [-0.05, 0) is 12.5 Å². The number of likely N-dealkylation sites (tertiary alicyclic amines) is 1. The molecule has 0 saturated carbocycles. The summed E-state index contributed by atoms with van der Waals surface area (Å²) in [4.78, 5) is 27.2. The van der Waals surface area contributed by atoms with Crippen molar-refractivity contribution in [1.82, 2.24) is 9.88 Å². The van der Waals surface area contributed by atoms with E-state index in [2.05, 4.69) is 4.98 Å². The minimum absolute atomic E-state index is 0.106. The number of aromatic nitrogens is 1. The van der Waals surface area contributed by atoms with Gasteiger partial charge in [-0.1, -0.05) is 6.07 Å². The Morgan fingerprint density at radius 3 is 3.00 bits per heavy atom. The molecule has 1 atom stereocenters. The largest absolute Gasteiger partial charge is 0.396 e. The van der Waals surface area contributed by atoms with Gasteiger partial charge >= 0.3 is 0 Å². The van der Waals surface area contributed by atoms with Crippen LogP contribution in [0.4, 0.5) is 0 Å². The second kappa shape index (κ2) is 4.49. The van der Waals surface area contributed by atoms with Crippen LogP contribution in [0.1, 0.15) is 16.9 Å². The van der Waals surface area contributed by atoms with Crippen LogP contribution in [-0.4, -0.2) is 40.6 Å². The third-order valence-corrected chi connectivity index (χ3v) is 2.83. The lowest BCUT2D eigenvalue weighted by Crippen LogP contribution is -2.30. The van der Waals surface area contributed by atoms with Gasteiger partial charge in [0.2, 0.25) is 5.56 Å². The summed E-state index contributed by atoms with van der Waals surface area (Å²) in [6, 6.07) is 4.53. The smallest absolute Gasteiger partial charge is 0.270 e. The van der Waals surface area contributed by atoms with Gasteiger partial charge in [-0.15, -0.1) is 0 Å². The van der Waals surface area contributed by atoms with Gasteiger partial charge in [0.25, 0.3) is 5.91 Å². The molecule has 0 spiro atoms. The van der Waals surface area contributed by atoms with Crippen molar-refractivity contribution in [2.75, 3.05) is 19.7 Å². The number of hydrogen-bond donors (Lipinski definition) is 2. The van der Waals surface area contributed by atoms with Crippen LogP contribution in [0.2, 0.25) is 0 Å². The molecule has 0 aromatic carbocycles. The van der Waals surface area contributed by atoms with Gasteiger partial charge in [-0.25, -0.2) is 0 Å². The molecule has 1 aliphatic rings. The van der Waals surface area contributed by atoms with E-state index in [0.29, 0.717) is 18.8 Å². The van der Waals surface area contributed by atoms with Gasteiger partial charge < -0.3 is 15.0 Å². The van der Waals surface area contributed by atoms with Crippen molar-refractivity contribution in [3.63, 3.8) is 0 Å². The van der Waals surface area contributed by atoms with Crippen molar-refractivity contribution in [2.24, 2.45) is 5.92 Å². The SMILES string of the molecule is O=C(c1cccc(=O)[nH]1)N1CCC(CO)C1. The van der Waals surface area contributed by atoms with Gasteiger partial charge in [-0.3, -0.25) is 9.59 Å². The van der Waals surface area contributed by atoms with E-state index in [-0.39, 0.29) is 24.0 Å². The molecular formula is C11H14N2O3. The van der Waals surface area contributed by atoms with Crippen molar-refractivity contribution in [1.29, 1.82) is 0 Å². The zero-order chi connectivity index (χ0) is 11.5. The van der Waals surface area contributed by atoms with Crippen molar-refractivity contribution >= 4 is 5.91 Å². The van der Waals surface area contributed by atoms with Crippen molar-refractivity contribution in [3.05, 3.63) is 34.2 Å². The topological polar surface area (TPSA) is 73.4 Å². The number of hydrogen-bond acceptors (Lipinski definition) is 3. The molecule has 1 saturated heterocycles. The maximum Gasteiger partial charge on any atom is 0.270 e. The summed E-state index contributed by atoms with van der Waals surface area (Å²) in [6.07, 6.45) is 0.819. The number of aliphatic hydroxyl groups is 1. The number of nitrogens with one attached hydrogen (secondary N) is 1. The number of amides is 1. The molecule has 0 radical (unpaired) electrons. The molecule has 0 aliphatic carbocycles. The highest BCUT2D eigenvalue weighted by Gasteiger charge is 2.26. The first-order valence-corrected chi connectivity index (χ1v) is 5.30. The minimum atomic E-state index is -0.274. The highest BCUT2D eigenvalue weighted by Crippen LogP contribution is 2.16. The van der Waals surface area contributed by atoms with E-state index >= 15 is 0 Å². The molecule has 1 unspecified atom stereocenters. The van der Waals surface area contributed by atoms with Gasteiger partial charge in [0.15, 0.2) is 0 Å². The highest BCUT2D eigenvalue weighted by molar-refractivity contribution is 5.92. The van der Waals surface area contributed by atoms with Crippen LogP contribution in [0.5, 0.6) is 0 Å². The van der Waals surface area contributed by atoms with E-state index in [9.17, 15) is 9.59 Å². The Morgan fingerprint density at radius 1 is 1.56 bits per heavy atom. The lowest BCUT2D eigenvalue weighted by molar-refractivity contribution is 0.0776. The molecule has 16 heavy (non-hydrogen) atoms. The first-order chi connectivity index (χ1) is 7.70. The van der Waals surface area contributed by atoms with Crippen LogP contribution in [0, 0.1) is 5.92 Å². The predicted octanol–water partition coefficient (Wildman–Crippen LogP) is -0.171. The maximum absolute atomic E-state index is 11.9. The van der Waals surface area contributed by atoms with Crippen LogP contribution in [0.15, 0.2) is 23.0 Å². The molecule has 86 valence electrons. The molecular weight excluding hydrogens is 208 g/mol. The van der Waals surface area contributed by atoms with Crippen LogP contribution >= 0.6 is 0 Å². The van der Waals surface area contributed by atoms with Gasteiger partial charge in [0, 0.05) is 31.7 Å². The Balaban J connectivity index is 2.11. The van der Waals surface area contributed by atoms with Crippen molar-refractivity contribution in [2.45, 2.75) is 6.42 Å². The standard InChI is InChI=1S/C11H14N2O3/c14-7-8-4-5-13(6-8)11(16)9-2-1-3-10(15)12-9/h1-3,8,14H,4-7H2,(H,12,15). The first-order valence-electron chi connectivity index (χ1n) is 5.30. The molecule has 1 amide bonds. The lowest BCUT2D eigenvalue weighted by Gasteiger charge is -2.15. The number of rotatable bonds is 2. The van der Waals surface area contributed by atoms with Crippen molar-refractivity contribution in [3.8, 4) is 0 Å². The molecule has 2 N–H and O–H groups in total. The first kappa shape index (κ1) is 10.9. The summed E-state index contributed by atoms with van der Waals surface area (Å²) in [6.45, 7) is 1.31. The van der Waals surface area contributed by atoms with Gasteiger partial charge in [0.1, 0.15) is 5.69 Å². The summed E-state index contributed by atoms with van der Waals surface area (Å²) in [5.74, 6) is -0.00645. The average molecular weight is 222 g/mol. The summed E-state index contributed by atoms with van der Waals surface area (Å²) in [7, 11) is 0. The fraction of sp³-hybridized carbons (Fsp3) is 0.455. The van der Waals surface area contributed by atoms with E-state index in [0.717, 1.165) is 6.42 Å². The van der Waals surface area contributed by atoms with Crippen LogP contribution in [-0.2, 0) is 0 Å². The molecule has 5 heteroatoms. The Morgan fingerprint density at radius 2 is 2.38 bits per heavy atom. The van der Waals surface area contributed by atoms with Crippen molar-refractivity contribution < 1.29 is 9.90 Å². The fourth-order valence-corrected chi connectivity index (χ4v) is 1.91. The quantitative estimate of drug-likeness (QED) is 0.729. The Hall–Kier alpha value is -1.62. The van der Waals surface area contributed by atoms with E-state index in [1.54, 1.807) is 17.0 Å². The maximum atomic E-state index is 11.9. The molecule has 1 aromatic rings. The third kappa shape index (κ3) is 2.14. The molecule has 1 aromatic heterocycles. The number of aromatic amines is 1. The van der Waals surface area contributed by atoms with Crippen LogP contribution < -0.4 is 5.56 Å². The Labute approximate surface area is 92.7 Å². The van der Waals surface area contributed by atoms with Gasteiger partial charge in [0.05, 0.1) is 0 Å². The fourth-order valence-electron chi connectivity index (χ4n) is 1.91. The van der Waals surface area contributed by atoms with Crippen LogP contribution in [0.25, 0.3) is 0 Å². The third-order valence-electron chi connectivity index (χ3n) is 2.83. The number of H-pyrrole nitrogens is 1. The Kier molecular flexibility index (Phi) is 3.05. The second-order valence-electron chi connectivity index (χ2n) is 4.02. The summed E-state index contributed by atoms with van der Waals surface area (Å²) < 4.78 is 0. The lowest BCUT2D eigenvalue weighted by atomic mass is 10.1. The molecule has 1 aliphatic heterocycles. The number of pyridine rings is 1. The van der Waals surface area contributed by atoms with E-state index in [1.165, 1.54) is 6.07 Å². The molecule has 0 bridgehead atoms. The molecule has 2 rings (SSSR count). The second-order valence-corrected chi connectivity index (χ2v) is 4.02. The average Bonchev–Trinajstić information content (AvgIpc) is 2.76. The number of carbonyl (C=O) groups is 1. The zero-order valence-electron chi connectivity index (χ0n) is 8.85.